The van der Waals surface area contributed by atoms with Crippen LogP contribution in [0.1, 0.15) is 43.8 Å². The predicted octanol–water partition coefficient (Wildman–Crippen LogP) is 2.89. The molecule has 0 bridgehead atoms. The van der Waals surface area contributed by atoms with Crippen LogP contribution in [0.2, 0.25) is 0 Å². The lowest BCUT2D eigenvalue weighted by atomic mass is 10.1. The van der Waals surface area contributed by atoms with Crippen LogP contribution in [-0.2, 0) is 22.4 Å². The highest BCUT2D eigenvalue weighted by atomic mass is 16.6. The molecule has 0 aliphatic heterocycles. The minimum absolute atomic E-state index is 0.0207. The van der Waals surface area contributed by atoms with Gasteiger partial charge in [-0.05, 0) is 50.5 Å². The van der Waals surface area contributed by atoms with Gasteiger partial charge in [0.25, 0.3) is 0 Å². The first-order valence-corrected chi connectivity index (χ1v) is 11.0. The summed E-state index contributed by atoms with van der Waals surface area (Å²) < 4.78 is 5.54. The number of carbonyl (C=O) groups is 2. The third kappa shape index (κ3) is 7.96. The largest absolute Gasteiger partial charge is 0.444 e. The molecule has 1 atom stereocenters. The topological polar surface area (TPSA) is 133 Å². The number of aromatic amines is 1. The molecule has 34 heavy (non-hydrogen) atoms. The number of carbonyl (C=O) groups excluding carboxylic acids is 2. The number of tetrazole rings is 1. The molecule has 0 unspecified atom stereocenters. The molecule has 3 aromatic rings. The van der Waals surface area contributed by atoms with Crippen molar-refractivity contribution < 1.29 is 19.4 Å². The number of aliphatic hydroxyl groups excluding tert-OH is 1. The molecule has 0 fully saturated rings. The molecule has 3 rings (SSSR count). The summed E-state index contributed by atoms with van der Waals surface area (Å²) in [6.07, 6.45) is -0.733. The molecule has 2 aromatic carbocycles. The van der Waals surface area contributed by atoms with Crippen LogP contribution in [0.3, 0.4) is 0 Å². The number of hydrogen-bond acceptors (Lipinski definition) is 7. The smallest absolute Gasteiger partial charge is 0.410 e. The second-order valence-electron chi connectivity index (χ2n) is 8.85. The van der Waals surface area contributed by atoms with Gasteiger partial charge >= 0.3 is 6.09 Å². The van der Waals surface area contributed by atoms with Gasteiger partial charge in [-0.3, -0.25) is 4.79 Å². The Labute approximate surface area is 198 Å². The lowest BCUT2D eigenvalue weighted by molar-refractivity contribution is -0.115. The number of nitrogens with zero attached hydrogens (tertiary/aromatic N) is 4. The molecular weight excluding hydrogens is 436 g/mol. The molecular formula is C24H30N6O4. The maximum atomic E-state index is 12.8. The SMILES string of the molecule is CC(C)(C)OC(=O)N(CCc1ccc(NC(=O)Cc2nn[nH]n2)cc1)C[C@H](O)c1ccccc1. The maximum Gasteiger partial charge on any atom is 0.410 e. The summed E-state index contributed by atoms with van der Waals surface area (Å²) in [6, 6.07) is 16.6. The highest BCUT2D eigenvalue weighted by molar-refractivity contribution is 5.91. The van der Waals surface area contributed by atoms with Gasteiger partial charge in [0.05, 0.1) is 19.1 Å². The van der Waals surface area contributed by atoms with Crippen LogP contribution in [0.5, 0.6) is 0 Å². The first kappa shape index (κ1) is 24.8. The normalized spacial score (nSPS) is 12.1. The fourth-order valence-electron chi connectivity index (χ4n) is 3.20. The van der Waals surface area contributed by atoms with E-state index < -0.39 is 17.8 Å². The third-order valence-corrected chi connectivity index (χ3v) is 4.85. The van der Waals surface area contributed by atoms with Gasteiger partial charge in [-0.1, -0.05) is 47.7 Å². The summed E-state index contributed by atoms with van der Waals surface area (Å²) in [5.74, 6) is 0.0641. The van der Waals surface area contributed by atoms with Crippen molar-refractivity contribution in [3.8, 4) is 0 Å². The number of aromatic nitrogens is 4. The average Bonchev–Trinajstić information content (AvgIpc) is 3.29. The highest BCUT2D eigenvalue weighted by Gasteiger charge is 2.24. The number of ether oxygens (including phenoxy) is 1. The van der Waals surface area contributed by atoms with Crippen LogP contribution in [0.15, 0.2) is 54.6 Å². The van der Waals surface area contributed by atoms with Crippen molar-refractivity contribution >= 4 is 17.7 Å². The Morgan fingerprint density at radius 2 is 1.82 bits per heavy atom. The zero-order chi connectivity index (χ0) is 24.6. The molecule has 0 aliphatic carbocycles. The Bertz CT molecular complexity index is 1050. The van der Waals surface area contributed by atoms with E-state index in [0.29, 0.717) is 24.5 Å². The summed E-state index contributed by atoms with van der Waals surface area (Å²) in [5.41, 5.74) is 1.70. The van der Waals surface area contributed by atoms with Gasteiger partial charge in [-0.2, -0.15) is 5.21 Å². The van der Waals surface area contributed by atoms with E-state index in [0.717, 1.165) is 11.1 Å². The Hall–Kier alpha value is -3.79. The Balaban J connectivity index is 1.59. The molecule has 0 saturated carbocycles. The van der Waals surface area contributed by atoms with Gasteiger partial charge in [-0.25, -0.2) is 4.79 Å². The number of nitrogens with one attached hydrogen (secondary N) is 2. The molecule has 10 nitrogen and oxygen atoms in total. The fraction of sp³-hybridized carbons (Fsp3) is 0.375. The number of H-pyrrole nitrogens is 1. The predicted molar refractivity (Wildman–Crippen MR) is 126 cm³/mol. The van der Waals surface area contributed by atoms with Crippen molar-refractivity contribution in [1.29, 1.82) is 0 Å². The van der Waals surface area contributed by atoms with Gasteiger partial charge in [0.2, 0.25) is 5.91 Å². The lowest BCUT2D eigenvalue weighted by Crippen LogP contribution is -2.40. The van der Waals surface area contributed by atoms with Crippen molar-refractivity contribution in [2.24, 2.45) is 0 Å². The van der Waals surface area contributed by atoms with Crippen molar-refractivity contribution in [1.82, 2.24) is 25.5 Å². The molecule has 1 heterocycles. The highest BCUT2D eigenvalue weighted by Crippen LogP contribution is 2.18. The van der Waals surface area contributed by atoms with E-state index in [1.807, 2.05) is 63.2 Å². The summed E-state index contributed by atoms with van der Waals surface area (Å²) in [5, 5.41) is 26.7. The standard InChI is InChI=1S/C24H30N6O4/c1-24(2,3)34-23(33)30(16-20(31)18-7-5-4-6-8-18)14-13-17-9-11-19(12-10-17)25-22(32)15-21-26-28-29-27-21/h4-12,20,31H,13-16H2,1-3H3,(H,25,32)(H,26,27,28,29)/t20-/m0/s1. The van der Waals surface area contributed by atoms with E-state index in [2.05, 4.69) is 25.9 Å². The lowest BCUT2D eigenvalue weighted by Gasteiger charge is -2.29. The number of aliphatic hydroxyl groups is 1. The number of rotatable bonds is 9. The zero-order valence-corrected chi connectivity index (χ0v) is 19.6. The molecule has 10 heteroatoms. The fourth-order valence-corrected chi connectivity index (χ4v) is 3.20. The summed E-state index contributed by atoms with van der Waals surface area (Å²) in [6.45, 7) is 5.90. The number of anilines is 1. The Morgan fingerprint density at radius 3 is 2.44 bits per heavy atom. The number of amides is 2. The average molecular weight is 467 g/mol. The van der Waals surface area contributed by atoms with Gasteiger partial charge in [0.15, 0.2) is 5.82 Å². The van der Waals surface area contributed by atoms with E-state index in [4.69, 9.17) is 4.74 Å². The Morgan fingerprint density at radius 1 is 1.12 bits per heavy atom. The zero-order valence-electron chi connectivity index (χ0n) is 19.6. The molecule has 0 aliphatic rings. The number of benzene rings is 2. The summed E-state index contributed by atoms with van der Waals surface area (Å²) in [4.78, 5) is 26.4. The first-order chi connectivity index (χ1) is 16.2. The third-order valence-electron chi connectivity index (χ3n) is 4.85. The van der Waals surface area contributed by atoms with Crippen molar-refractivity contribution in [2.45, 2.75) is 45.3 Å². The molecule has 2 amide bonds. The second-order valence-corrected chi connectivity index (χ2v) is 8.85. The molecule has 0 saturated heterocycles. The molecule has 3 N–H and O–H groups in total. The van der Waals surface area contributed by atoms with E-state index in [1.165, 1.54) is 4.90 Å². The summed E-state index contributed by atoms with van der Waals surface area (Å²) in [7, 11) is 0. The van der Waals surface area contributed by atoms with Crippen LogP contribution < -0.4 is 5.32 Å². The molecule has 180 valence electrons. The van der Waals surface area contributed by atoms with Crippen LogP contribution >= 0.6 is 0 Å². The van der Waals surface area contributed by atoms with E-state index in [1.54, 1.807) is 12.1 Å². The van der Waals surface area contributed by atoms with Crippen LogP contribution in [0.25, 0.3) is 0 Å². The Kier molecular flexibility index (Phi) is 8.31. The minimum Gasteiger partial charge on any atom is -0.444 e. The van der Waals surface area contributed by atoms with Crippen LogP contribution in [-0.4, -0.2) is 61.3 Å². The van der Waals surface area contributed by atoms with Gasteiger partial charge in [0.1, 0.15) is 5.60 Å². The quantitative estimate of drug-likeness (QED) is 0.441. The molecule has 0 spiro atoms. The van der Waals surface area contributed by atoms with Crippen LogP contribution in [0, 0.1) is 0 Å². The second kappa shape index (κ2) is 11.4. The van der Waals surface area contributed by atoms with Crippen LogP contribution in [0.4, 0.5) is 10.5 Å². The van der Waals surface area contributed by atoms with Gasteiger partial charge in [-0.15, -0.1) is 10.2 Å². The van der Waals surface area contributed by atoms with Gasteiger partial charge < -0.3 is 20.1 Å². The van der Waals surface area contributed by atoms with E-state index in [-0.39, 0.29) is 18.9 Å². The monoisotopic (exact) mass is 466 g/mol. The van der Waals surface area contributed by atoms with Crippen molar-refractivity contribution in [2.75, 3.05) is 18.4 Å². The van der Waals surface area contributed by atoms with E-state index in [9.17, 15) is 14.7 Å². The van der Waals surface area contributed by atoms with Crippen molar-refractivity contribution in [3.63, 3.8) is 0 Å². The van der Waals surface area contributed by atoms with E-state index >= 15 is 0 Å². The first-order valence-electron chi connectivity index (χ1n) is 11.0. The molecule has 1 aromatic heterocycles. The molecule has 0 radical (unpaired) electrons. The number of hydrogen-bond donors (Lipinski definition) is 3. The minimum atomic E-state index is -0.828. The maximum absolute atomic E-state index is 12.8. The van der Waals surface area contributed by atoms with Gasteiger partial charge in [0, 0.05) is 12.2 Å². The summed E-state index contributed by atoms with van der Waals surface area (Å²) >= 11 is 0. The van der Waals surface area contributed by atoms with Crippen molar-refractivity contribution in [3.05, 3.63) is 71.5 Å².